The Morgan fingerprint density at radius 3 is 2.21 bits per heavy atom. The van der Waals surface area contributed by atoms with Crippen LogP contribution in [0.25, 0.3) is 0 Å². The molecule has 0 saturated carbocycles. The lowest BCUT2D eigenvalue weighted by atomic mass is 10.00. The van der Waals surface area contributed by atoms with E-state index in [-0.39, 0.29) is 0 Å². The van der Waals surface area contributed by atoms with E-state index in [2.05, 4.69) is 5.10 Å². The van der Waals surface area contributed by atoms with Crippen molar-refractivity contribution in [2.45, 2.75) is 19.9 Å². The number of likely N-dealkylation sites (tertiary alicyclic amines) is 1. The number of carboxylic acid groups (broad SMARTS) is 1. The van der Waals surface area contributed by atoms with Crippen molar-refractivity contribution in [3.63, 3.8) is 0 Å². The first-order chi connectivity index (χ1) is 8.84. The summed E-state index contributed by atoms with van der Waals surface area (Å²) in [4.78, 5) is 36.4. The number of aromatic nitrogens is 2. The molecule has 1 saturated heterocycles. The average molecular weight is 265 g/mol. The number of nitrogens with zero attached hydrogens (tertiary/aromatic N) is 3. The minimum atomic E-state index is -1.30. The minimum absolute atomic E-state index is 0.318. The van der Waals surface area contributed by atoms with Crippen LogP contribution in [0.4, 0.5) is 0 Å². The molecule has 1 fully saturated rings. The highest BCUT2D eigenvalue weighted by molar-refractivity contribution is 6.07. The van der Waals surface area contributed by atoms with Gasteiger partial charge in [-0.15, -0.1) is 0 Å². The average Bonchev–Trinajstić information content (AvgIpc) is 2.84. The minimum Gasteiger partial charge on any atom is -0.479 e. The summed E-state index contributed by atoms with van der Waals surface area (Å²) < 4.78 is 1.43. The first-order valence-electron chi connectivity index (χ1n) is 5.93. The molecule has 7 nitrogen and oxygen atoms in total. The first-order valence-corrected chi connectivity index (χ1v) is 5.93. The largest absolute Gasteiger partial charge is 0.479 e. The van der Waals surface area contributed by atoms with Gasteiger partial charge in [0.15, 0.2) is 6.04 Å². The van der Waals surface area contributed by atoms with Crippen LogP contribution >= 0.6 is 0 Å². The molecule has 3 unspecified atom stereocenters. The Bertz CT molecular complexity index is 531. The zero-order valence-corrected chi connectivity index (χ0v) is 10.9. The monoisotopic (exact) mass is 265 g/mol. The second kappa shape index (κ2) is 4.49. The van der Waals surface area contributed by atoms with Crippen LogP contribution in [-0.2, 0) is 21.4 Å². The van der Waals surface area contributed by atoms with Crippen LogP contribution in [0.2, 0.25) is 0 Å². The van der Waals surface area contributed by atoms with Gasteiger partial charge in [-0.1, -0.05) is 13.8 Å². The first kappa shape index (κ1) is 13.3. The van der Waals surface area contributed by atoms with Gasteiger partial charge in [0.2, 0.25) is 11.8 Å². The van der Waals surface area contributed by atoms with Gasteiger partial charge in [0, 0.05) is 30.6 Å². The third-order valence-electron chi connectivity index (χ3n) is 3.54. The molecule has 0 aromatic carbocycles. The third kappa shape index (κ3) is 2.00. The SMILES string of the molecule is CC1C(=O)N(C(C(=O)O)c2cnn(C)c2)C(=O)C1C. The molecule has 1 aromatic heterocycles. The molecule has 102 valence electrons. The highest BCUT2D eigenvalue weighted by Crippen LogP contribution is 2.33. The van der Waals surface area contributed by atoms with Gasteiger partial charge in [-0.05, 0) is 0 Å². The number of aryl methyl sites for hydroxylation is 1. The van der Waals surface area contributed by atoms with Crippen LogP contribution in [0.1, 0.15) is 25.5 Å². The standard InChI is InChI=1S/C12H15N3O4/c1-6-7(2)11(17)15(10(6)16)9(12(18)19)8-4-13-14(3)5-8/h4-7,9H,1-3H3,(H,18,19). The summed E-state index contributed by atoms with van der Waals surface area (Å²) in [6, 6.07) is -1.30. The fourth-order valence-corrected chi connectivity index (χ4v) is 2.21. The number of aliphatic carboxylic acids is 1. The maximum Gasteiger partial charge on any atom is 0.331 e. The van der Waals surface area contributed by atoms with Crippen molar-refractivity contribution in [1.29, 1.82) is 0 Å². The summed E-state index contributed by atoms with van der Waals surface area (Å²) in [6.45, 7) is 3.26. The Balaban J connectivity index is 2.44. The van der Waals surface area contributed by atoms with E-state index >= 15 is 0 Å². The predicted octanol–water partition coefficient (Wildman–Crippen LogP) is 0.187. The number of imide groups is 1. The molecular weight excluding hydrogens is 250 g/mol. The normalized spacial score (nSPS) is 24.9. The maximum atomic E-state index is 12.1. The molecule has 19 heavy (non-hydrogen) atoms. The number of hydrogen-bond acceptors (Lipinski definition) is 4. The zero-order valence-electron chi connectivity index (χ0n) is 10.9. The van der Waals surface area contributed by atoms with Gasteiger partial charge in [-0.3, -0.25) is 19.2 Å². The van der Waals surface area contributed by atoms with Crippen molar-refractivity contribution < 1.29 is 19.5 Å². The fraction of sp³-hybridized carbons (Fsp3) is 0.500. The van der Waals surface area contributed by atoms with Crippen LogP contribution in [0.15, 0.2) is 12.4 Å². The number of carbonyl (C=O) groups excluding carboxylic acids is 2. The molecule has 0 radical (unpaired) electrons. The number of carbonyl (C=O) groups is 3. The summed E-state index contributed by atoms with van der Waals surface area (Å²) in [5, 5.41) is 13.2. The smallest absolute Gasteiger partial charge is 0.331 e. The van der Waals surface area contributed by atoms with E-state index in [9.17, 15) is 19.5 Å². The lowest BCUT2D eigenvalue weighted by Gasteiger charge is -2.21. The topological polar surface area (TPSA) is 92.5 Å². The van der Waals surface area contributed by atoms with E-state index in [1.807, 2.05) is 0 Å². The van der Waals surface area contributed by atoms with E-state index < -0.39 is 35.7 Å². The van der Waals surface area contributed by atoms with E-state index in [1.54, 1.807) is 20.9 Å². The van der Waals surface area contributed by atoms with E-state index in [0.29, 0.717) is 5.56 Å². The van der Waals surface area contributed by atoms with E-state index in [4.69, 9.17) is 0 Å². The quantitative estimate of drug-likeness (QED) is 0.787. The van der Waals surface area contributed by atoms with E-state index in [1.165, 1.54) is 17.1 Å². The third-order valence-corrected chi connectivity index (χ3v) is 3.54. The molecule has 2 rings (SSSR count). The number of hydrogen-bond donors (Lipinski definition) is 1. The summed E-state index contributed by atoms with van der Waals surface area (Å²) >= 11 is 0. The van der Waals surface area contributed by atoms with Gasteiger partial charge in [-0.2, -0.15) is 5.10 Å². The Morgan fingerprint density at radius 2 is 1.84 bits per heavy atom. The summed E-state index contributed by atoms with van der Waals surface area (Å²) in [7, 11) is 1.64. The number of rotatable bonds is 3. The molecule has 1 aliphatic rings. The van der Waals surface area contributed by atoms with Crippen molar-refractivity contribution in [3.8, 4) is 0 Å². The lowest BCUT2D eigenvalue weighted by Crippen LogP contribution is -2.39. The Hall–Kier alpha value is -2.18. The van der Waals surface area contributed by atoms with Crippen molar-refractivity contribution >= 4 is 17.8 Å². The molecule has 0 aliphatic carbocycles. The van der Waals surface area contributed by atoms with Crippen molar-refractivity contribution in [3.05, 3.63) is 18.0 Å². The molecule has 1 N–H and O–H groups in total. The molecule has 7 heteroatoms. The molecule has 1 aliphatic heterocycles. The number of carboxylic acids is 1. The van der Waals surface area contributed by atoms with Crippen molar-refractivity contribution in [2.24, 2.45) is 18.9 Å². The molecule has 0 bridgehead atoms. The highest BCUT2D eigenvalue weighted by atomic mass is 16.4. The van der Waals surface area contributed by atoms with Crippen LogP contribution in [0.3, 0.4) is 0 Å². The van der Waals surface area contributed by atoms with Crippen LogP contribution in [0.5, 0.6) is 0 Å². The van der Waals surface area contributed by atoms with Gasteiger partial charge in [0.1, 0.15) is 0 Å². The Labute approximate surface area is 109 Å². The van der Waals surface area contributed by atoms with Crippen LogP contribution < -0.4 is 0 Å². The molecule has 3 atom stereocenters. The van der Waals surface area contributed by atoms with Gasteiger partial charge in [0.25, 0.3) is 0 Å². The summed E-state index contributed by atoms with van der Waals surface area (Å²) in [5.74, 6) is -3.13. The van der Waals surface area contributed by atoms with Crippen LogP contribution in [-0.4, -0.2) is 37.6 Å². The molecule has 2 amide bonds. The fourth-order valence-electron chi connectivity index (χ4n) is 2.21. The van der Waals surface area contributed by atoms with E-state index in [0.717, 1.165) is 4.90 Å². The van der Waals surface area contributed by atoms with Gasteiger partial charge < -0.3 is 5.11 Å². The zero-order chi connectivity index (χ0) is 14.3. The van der Waals surface area contributed by atoms with Gasteiger partial charge in [-0.25, -0.2) is 4.79 Å². The second-order valence-corrected chi connectivity index (χ2v) is 4.81. The molecular formula is C12H15N3O4. The maximum absolute atomic E-state index is 12.1. The van der Waals surface area contributed by atoms with Crippen molar-refractivity contribution in [1.82, 2.24) is 14.7 Å². The van der Waals surface area contributed by atoms with Crippen LogP contribution in [0, 0.1) is 11.8 Å². The lowest BCUT2D eigenvalue weighted by molar-refractivity contribution is -0.155. The molecule has 0 spiro atoms. The number of amides is 2. The van der Waals surface area contributed by atoms with Gasteiger partial charge >= 0.3 is 5.97 Å². The second-order valence-electron chi connectivity index (χ2n) is 4.81. The van der Waals surface area contributed by atoms with Crippen molar-refractivity contribution in [2.75, 3.05) is 0 Å². The summed E-state index contributed by atoms with van der Waals surface area (Å²) in [5.41, 5.74) is 0.318. The highest BCUT2D eigenvalue weighted by Gasteiger charge is 2.48. The Kier molecular flexibility index (Phi) is 3.13. The molecule has 1 aromatic rings. The molecule has 2 heterocycles. The predicted molar refractivity (Wildman–Crippen MR) is 63.8 cm³/mol. The van der Waals surface area contributed by atoms with Gasteiger partial charge in [0.05, 0.1) is 6.20 Å². The summed E-state index contributed by atoms with van der Waals surface area (Å²) in [6.07, 6.45) is 2.85. The Morgan fingerprint density at radius 1 is 1.32 bits per heavy atom.